The minimum absolute atomic E-state index is 0.104. The molecular formula is C13H16BrF3N2O2. The Balaban J connectivity index is 2.61. The number of rotatable bonds is 6. The van der Waals surface area contributed by atoms with Crippen LogP contribution in [0.4, 0.5) is 18.9 Å². The van der Waals surface area contributed by atoms with Gasteiger partial charge in [0.05, 0.1) is 11.0 Å². The predicted molar refractivity (Wildman–Crippen MR) is 77.2 cm³/mol. The fourth-order valence-corrected chi connectivity index (χ4v) is 1.86. The van der Waals surface area contributed by atoms with Crippen molar-refractivity contribution in [3.63, 3.8) is 0 Å². The van der Waals surface area contributed by atoms with Gasteiger partial charge in [0.1, 0.15) is 5.75 Å². The van der Waals surface area contributed by atoms with Crippen LogP contribution in [-0.4, -0.2) is 24.9 Å². The topological polar surface area (TPSA) is 50.4 Å². The number of halogens is 4. The summed E-state index contributed by atoms with van der Waals surface area (Å²) in [4.78, 5) is 11.7. The molecule has 0 aromatic heterocycles. The number of anilines is 1. The Kier molecular flexibility index (Phi) is 6.47. The summed E-state index contributed by atoms with van der Waals surface area (Å²) < 4.78 is 40.3. The summed E-state index contributed by atoms with van der Waals surface area (Å²) >= 11 is 2.97. The number of hydrogen-bond acceptors (Lipinski definition) is 3. The molecule has 118 valence electrons. The zero-order valence-corrected chi connectivity index (χ0v) is 13.1. The van der Waals surface area contributed by atoms with Crippen molar-refractivity contribution in [1.29, 1.82) is 0 Å². The fourth-order valence-electron chi connectivity index (χ4n) is 1.40. The molecule has 0 radical (unpaired) electrons. The lowest BCUT2D eigenvalue weighted by Crippen LogP contribution is -2.33. The number of alkyl halides is 3. The van der Waals surface area contributed by atoms with Gasteiger partial charge >= 0.3 is 6.36 Å². The van der Waals surface area contributed by atoms with Gasteiger partial charge in [0.2, 0.25) is 5.91 Å². The third-order valence-electron chi connectivity index (χ3n) is 2.66. The number of carbonyl (C=O) groups is 1. The molecule has 8 heteroatoms. The highest BCUT2D eigenvalue weighted by Gasteiger charge is 2.31. The van der Waals surface area contributed by atoms with E-state index in [0.717, 1.165) is 12.5 Å². The van der Waals surface area contributed by atoms with Crippen LogP contribution in [0, 0.1) is 0 Å². The second-order valence-corrected chi connectivity index (χ2v) is 5.29. The van der Waals surface area contributed by atoms with Crippen LogP contribution in [0.15, 0.2) is 22.7 Å². The Hall–Kier alpha value is -1.28. The monoisotopic (exact) mass is 368 g/mol. The van der Waals surface area contributed by atoms with Crippen LogP contribution >= 0.6 is 15.9 Å². The van der Waals surface area contributed by atoms with Crippen LogP contribution in [0.2, 0.25) is 0 Å². The standard InChI is InChI=1S/C13H16BrF3N2O2/c1-3-8(2)18-7-12(20)19-9-4-5-11(10(14)6-9)21-13(15,16)17/h4-6,8,18H,3,7H2,1-2H3,(H,19,20). The summed E-state index contributed by atoms with van der Waals surface area (Å²) in [7, 11) is 0. The van der Waals surface area contributed by atoms with Gasteiger partial charge in [-0.3, -0.25) is 4.79 Å². The first kappa shape index (κ1) is 17.8. The molecule has 0 aliphatic heterocycles. The molecule has 21 heavy (non-hydrogen) atoms. The Morgan fingerprint density at radius 1 is 1.43 bits per heavy atom. The Morgan fingerprint density at radius 2 is 2.10 bits per heavy atom. The lowest BCUT2D eigenvalue weighted by atomic mass is 10.2. The van der Waals surface area contributed by atoms with Crippen molar-refractivity contribution in [2.45, 2.75) is 32.7 Å². The van der Waals surface area contributed by atoms with E-state index in [1.165, 1.54) is 12.1 Å². The van der Waals surface area contributed by atoms with Gasteiger partial charge in [0, 0.05) is 11.7 Å². The van der Waals surface area contributed by atoms with E-state index in [0.29, 0.717) is 5.69 Å². The van der Waals surface area contributed by atoms with E-state index in [1.807, 2.05) is 13.8 Å². The van der Waals surface area contributed by atoms with Gasteiger partial charge in [0.15, 0.2) is 0 Å². The number of amides is 1. The third kappa shape index (κ3) is 6.81. The smallest absolute Gasteiger partial charge is 0.405 e. The molecule has 0 aliphatic rings. The highest BCUT2D eigenvalue weighted by molar-refractivity contribution is 9.10. The molecule has 0 bridgehead atoms. The van der Waals surface area contributed by atoms with E-state index in [4.69, 9.17) is 0 Å². The third-order valence-corrected chi connectivity index (χ3v) is 3.28. The SMILES string of the molecule is CCC(C)NCC(=O)Nc1ccc(OC(F)(F)F)c(Br)c1. The number of benzene rings is 1. The average molecular weight is 369 g/mol. The minimum atomic E-state index is -4.76. The fraction of sp³-hybridized carbons (Fsp3) is 0.462. The van der Waals surface area contributed by atoms with Gasteiger partial charge in [-0.25, -0.2) is 0 Å². The van der Waals surface area contributed by atoms with Crippen LogP contribution in [0.3, 0.4) is 0 Å². The maximum absolute atomic E-state index is 12.1. The highest BCUT2D eigenvalue weighted by Crippen LogP contribution is 2.32. The molecule has 1 aromatic carbocycles. The average Bonchev–Trinajstić information content (AvgIpc) is 2.38. The Bertz CT molecular complexity index is 495. The molecule has 4 nitrogen and oxygen atoms in total. The molecule has 2 N–H and O–H groups in total. The van der Waals surface area contributed by atoms with E-state index in [2.05, 4.69) is 31.3 Å². The first-order valence-electron chi connectivity index (χ1n) is 6.29. The quantitative estimate of drug-likeness (QED) is 0.805. The van der Waals surface area contributed by atoms with Crippen molar-refractivity contribution in [3.05, 3.63) is 22.7 Å². The molecule has 0 saturated carbocycles. The maximum Gasteiger partial charge on any atom is 0.573 e. The summed E-state index contributed by atoms with van der Waals surface area (Å²) in [5.74, 6) is -0.634. The molecule has 0 heterocycles. The van der Waals surface area contributed by atoms with Crippen molar-refractivity contribution in [2.75, 3.05) is 11.9 Å². The van der Waals surface area contributed by atoms with Crippen LogP contribution in [0.1, 0.15) is 20.3 Å². The van der Waals surface area contributed by atoms with Crippen molar-refractivity contribution in [1.82, 2.24) is 5.32 Å². The Morgan fingerprint density at radius 3 is 2.62 bits per heavy atom. The zero-order valence-electron chi connectivity index (χ0n) is 11.6. The van der Waals surface area contributed by atoms with Gasteiger partial charge in [-0.2, -0.15) is 0 Å². The number of ether oxygens (including phenoxy) is 1. The zero-order chi connectivity index (χ0) is 16.0. The number of nitrogens with one attached hydrogen (secondary N) is 2. The highest BCUT2D eigenvalue weighted by atomic mass is 79.9. The van der Waals surface area contributed by atoms with E-state index in [-0.39, 0.29) is 28.7 Å². The molecule has 1 atom stereocenters. The maximum atomic E-state index is 12.1. The summed E-state index contributed by atoms with van der Waals surface area (Å²) in [5, 5.41) is 5.60. The van der Waals surface area contributed by atoms with Gasteiger partial charge in [-0.05, 0) is 47.5 Å². The molecule has 0 spiro atoms. The first-order chi connectivity index (χ1) is 9.71. The lowest BCUT2D eigenvalue weighted by molar-refractivity contribution is -0.274. The number of carbonyl (C=O) groups excluding carboxylic acids is 1. The van der Waals surface area contributed by atoms with Crippen molar-refractivity contribution < 1.29 is 22.7 Å². The molecule has 1 aromatic rings. The largest absolute Gasteiger partial charge is 0.573 e. The summed E-state index contributed by atoms with van der Waals surface area (Å²) in [5.41, 5.74) is 0.382. The van der Waals surface area contributed by atoms with Crippen molar-refractivity contribution in [2.24, 2.45) is 0 Å². The first-order valence-corrected chi connectivity index (χ1v) is 7.09. The van der Waals surface area contributed by atoms with E-state index in [9.17, 15) is 18.0 Å². The minimum Gasteiger partial charge on any atom is -0.405 e. The molecular weight excluding hydrogens is 353 g/mol. The summed E-state index contributed by atoms with van der Waals surface area (Å²) in [6.45, 7) is 4.08. The predicted octanol–water partition coefficient (Wildman–Crippen LogP) is 3.67. The van der Waals surface area contributed by atoms with Gasteiger partial charge < -0.3 is 15.4 Å². The Labute approximate surface area is 129 Å². The second-order valence-electron chi connectivity index (χ2n) is 4.43. The van der Waals surface area contributed by atoms with E-state index < -0.39 is 6.36 Å². The molecule has 0 fully saturated rings. The second kappa shape index (κ2) is 7.65. The lowest BCUT2D eigenvalue weighted by Gasteiger charge is -2.13. The van der Waals surface area contributed by atoms with Crippen molar-refractivity contribution >= 4 is 27.5 Å². The summed E-state index contributed by atoms with van der Waals surface area (Å²) in [6.07, 6.45) is -3.87. The van der Waals surface area contributed by atoms with Gasteiger partial charge in [-0.1, -0.05) is 6.92 Å². The van der Waals surface area contributed by atoms with Gasteiger partial charge in [0.25, 0.3) is 0 Å². The van der Waals surface area contributed by atoms with E-state index in [1.54, 1.807) is 0 Å². The summed E-state index contributed by atoms with van der Waals surface area (Å²) in [6, 6.07) is 4.04. The molecule has 1 amide bonds. The van der Waals surface area contributed by atoms with Crippen LogP contribution in [0.5, 0.6) is 5.75 Å². The normalized spacial score (nSPS) is 12.9. The molecule has 1 rings (SSSR count). The molecule has 1 unspecified atom stereocenters. The number of hydrogen-bond donors (Lipinski definition) is 2. The van der Waals surface area contributed by atoms with Crippen LogP contribution in [-0.2, 0) is 4.79 Å². The molecule has 0 aliphatic carbocycles. The van der Waals surface area contributed by atoms with Crippen LogP contribution in [0.25, 0.3) is 0 Å². The molecule has 0 saturated heterocycles. The van der Waals surface area contributed by atoms with Crippen molar-refractivity contribution in [3.8, 4) is 5.75 Å². The van der Waals surface area contributed by atoms with Gasteiger partial charge in [-0.15, -0.1) is 13.2 Å². The van der Waals surface area contributed by atoms with Crippen LogP contribution < -0.4 is 15.4 Å². The van der Waals surface area contributed by atoms with E-state index >= 15 is 0 Å².